The zero-order valence-electron chi connectivity index (χ0n) is 10.7. The van der Waals surface area contributed by atoms with Crippen molar-refractivity contribution in [1.29, 1.82) is 5.26 Å². The van der Waals surface area contributed by atoms with E-state index in [1.54, 1.807) is 0 Å². The highest BCUT2D eigenvalue weighted by molar-refractivity contribution is 14.1. The van der Waals surface area contributed by atoms with Gasteiger partial charge >= 0.3 is 0 Å². The second-order valence-electron chi connectivity index (χ2n) is 4.98. The Morgan fingerprint density at radius 3 is 2.53 bits per heavy atom. The highest BCUT2D eigenvalue weighted by Crippen LogP contribution is 2.36. The van der Waals surface area contributed by atoms with Gasteiger partial charge in [-0.05, 0) is 60.9 Å². The second kappa shape index (κ2) is 4.97. The van der Waals surface area contributed by atoms with Crippen molar-refractivity contribution in [2.24, 2.45) is 0 Å². The third kappa shape index (κ3) is 2.16. The summed E-state index contributed by atoms with van der Waals surface area (Å²) in [5.41, 5.74) is 4.06. The summed E-state index contributed by atoms with van der Waals surface area (Å²) in [4.78, 5) is 0. The van der Waals surface area contributed by atoms with Gasteiger partial charge in [0.25, 0.3) is 0 Å². The van der Waals surface area contributed by atoms with Crippen molar-refractivity contribution in [2.45, 2.75) is 32.2 Å². The van der Waals surface area contributed by atoms with Crippen molar-refractivity contribution >= 4 is 22.6 Å². The van der Waals surface area contributed by atoms with E-state index in [0.717, 1.165) is 11.3 Å². The van der Waals surface area contributed by atoms with Crippen molar-refractivity contribution in [1.82, 2.24) is 9.78 Å². The number of nitrogens with zero attached hydrogens (tertiary/aromatic N) is 3. The quantitative estimate of drug-likeness (QED) is 0.756. The van der Waals surface area contributed by atoms with Crippen LogP contribution in [0.5, 0.6) is 0 Å². The van der Waals surface area contributed by atoms with Gasteiger partial charge in [-0.25, -0.2) is 0 Å². The first-order valence-corrected chi connectivity index (χ1v) is 7.53. The summed E-state index contributed by atoms with van der Waals surface area (Å²) in [6.45, 7) is 2.12. The molecule has 0 spiro atoms. The summed E-state index contributed by atoms with van der Waals surface area (Å²) in [6, 6.07) is 10.4. The molecule has 0 saturated heterocycles. The van der Waals surface area contributed by atoms with E-state index < -0.39 is 0 Å². The SMILES string of the molecule is Cc1c(-c2ccc(C#N)cc2)nn(C2CCC2)c1I. The molecule has 4 heteroatoms. The van der Waals surface area contributed by atoms with Crippen molar-refractivity contribution in [3.05, 3.63) is 39.1 Å². The molecule has 0 N–H and O–H groups in total. The third-order valence-corrected chi connectivity index (χ3v) is 5.08. The molecule has 19 heavy (non-hydrogen) atoms. The smallest absolute Gasteiger partial charge is 0.103 e. The summed E-state index contributed by atoms with van der Waals surface area (Å²) in [7, 11) is 0. The molecule has 2 aromatic rings. The highest BCUT2D eigenvalue weighted by Gasteiger charge is 2.24. The molecule has 1 heterocycles. The second-order valence-corrected chi connectivity index (χ2v) is 6.00. The van der Waals surface area contributed by atoms with Gasteiger partial charge in [0.1, 0.15) is 3.70 Å². The fourth-order valence-electron chi connectivity index (χ4n) is 2.35. The van der Waals surface area contributed by atoms with Crippen molar-refractivity contribution < 1.29 is 0 Å². The molecule has 1 aromatic heterocycles. The minimum atomic E-state index is 0.581. The predicted octanol–water partition coefficient (Wildman–Crippen LogP) is 4.06. The van der Waals surface area contributed by atoms with Gasteiger partial charge in [0, 0.05) is 11.1 Å². The van der Waals surface area contributed by atoms with E-state index in [-0.39, 0.29) is 0 Å². The van der Waals surface area contributed by atoms with Gasteiger partial charge in [0.2, 0.25) is 0 Å². The maximum absolute atomic E-state index is 8.84. The number of halogens is 1. The van der Waals surface area contributed by atoms with Gasteiger partial charge in [-0.1, -0.05) is 12.1 Å². The molecule has 0 atom stereocenters. The number of nitriles is 1. The number of benzene rings is 1. The lowest BCUT2D eigenvalue weighted by Gasteiger charge is -2.26. The average Bonchev–Trinajstić information content (AvgIpc) is 2.66. The average molecular weight is 363 g/mol. The molecule has 3 nitrogen and oxygen atoms in total. The maximum Gasteiger partial charge on any atom is 0.103 e. The Bertz CT molecular complexity index is 645. The van der Waals surface area contributed by atoms with E-state index >= 15 is 0 Å². The van der Waals surface area contributed by atoms with E-state index in [1.165, 1.54) is 28.5 Å². The molecular formula is C15H14IN3. The lowest BCUT2D eigenvalue weighted by atomic mass is 9.93. The van der Waals surface area contributed by atoms with E-state index in [0.29, 0.717) is 11.6 Å². The normalized spacial score (nSPS) is 15.0. The fraction of sp³-hybridized carbons (Fsp3) is 0.333. The third-order valence-electron chi connectivity index (χ3n) is 3.78. The van der Waals surface area contributed by atoms with Crippen molar-refractivity contribution in [3.63, 3.8) is 0 Å². The Hall–Kier alpha value is -1.35. The number of hydrogen-bond donors (Lipinski definition) is 0. The van der Waals surface area contributed by atoms with Gasteiger partial charge in [0.15, 0.2) is 0 Å². The van der Waals surface area contributed by atoms with Crippen LogP contribution in [0.3, 0.4) is 0 Å². The molecule has 96 valence electrons. The standard InChI is InChI=1S/C15H14IN3/c1-10-14(12-7-5-11(9-17)6-8-12)18-19(15(10)16)13-3-2-4-13/h5-8,13H,2-4H2,1H3. The molecule has 1 aliphatic carbocycles. The Morgan fingerprint density at radius 1 is 1.32 bits per heavy atom. The van der Waals surface area contributed by atoms with Crippen LogP contribution in [0.1, 0.15) is 36.4 Å². The van der Waals surface area contributed by atoms with Gasteiger partial charge in [-0.15, -0.1) is 0 Å². The van der Waals surface area contributed by atoms with E-state index in [1.807, 2.05) is 24.3 Å². The van der Waals surface area contributed by atoms with Gasteiger partial charge in [-0.2, -0.15) is 10.4 Å². The van der Waals surface area contributed by atoms with Crippen LogP contribution in [0, 0.1) is 22.0 Å². The summed E-state index contributed by atoms with van der Waals surface area (Å²) in [5, 5.41) is 13.6. The van der Waals surface area contributed by atoms with E-state index in [2.05, 4.69) is 40.3 Å². The Balaban J connectivity index is 2.02. The largest absolute Gasteiger partial charge is 0.255 e. The van der Waals surface area contributed by atoms with Gasteiger partial charge in [0.05, 0.1) is 23.4 Å². The van der Waals surface area contributed by atoms with Gasteiger partial charge in [-0.3, -0.25) is 4.68 Å². The van der Waals surface area contributed by atoms with Crippen LogP contribution in [0.15, 0.2) is 24.3 Å². The van der Waals surface area contributed by atoms with Crippen molar-refractivity contribution in [2.75, 3.05) is 0 Å². The first kappa shape index (κ1) is 12.7. The van der Waals surface area contributed by atoms with Crippen LogP contribution >= 0.6 is 22.6 Å². The number of hydrogen-bond acceptors (Lipinski definition) is 2. The topological polar surface area (TPSA) is 41.6 Å². The minimum absolute atomic E-state index is 0.581. The zero-order chi connectivity index (χ0) is 13.4. The molecule has 0 radical (unpaired) electrons. The molecule has 1 aromatic carbocycles. The summed E-state index contributed by atoms with van der Waals surface area (Å²) in [6.07, 6.45) is 3.79. The molecule has 0 aliphatic heterocycles. The summed E-state index contributed by atoms with van der Waals surface area (Å²) in [5.74, 6) is 0. The summed E-state index contributed by atoms with van der Waals surface area (Å²) < 4.78 is 3.41. The molecule has 1 fully saturated rings. The van der Waals surface area contributed by atoms with Crippen LogP contribution in [0.4, 0.5) is 0 Å². The Labute approximate surface area is 126 Å². The monoisotopic (exact) mass is 363 g/mol. The van der Waals surface area contributed by atoms with Crippen LogP contribution in [0.25, 0.3) is 11.3 Å². The molecular weight excluding hydrogens is 349 g/mol. The van der Waals surface area contributed by atoms with E-state index in [4.69, 9.17) is 10.4 Å². The first-order valence-electron chi connectivity index (χ1n) is 6.46. The summed E-state index contributed by atoms with van der Waals surface area (Å²) >= 11 is 2.39. The first-order chi connectivity index (χ1) is 9.20. The fourth-order valence-corrected chi connectivity index (χ4v) is 3.10. The van der Waals surface area contributed by atoms with Crippen LogP contribution in [0.2, 0.25) is 0 Å². The molecule has 3 rings (SSSR count). The van der Waals surface area contributed by atoms with Crippen LogP contribution < -0.4 is 0 Å². The molecule has 1 saturated carbocycles. The molecule has 0 amide bonds. The van der Waals surface area contributed by atoms with Gasteiger partial charge < -0.3 is 0 Å². The van der Waals surface area contributed by atoms with Crippen LogP contribution in [-0.2, 0) is 0 Å². The predicted molar refractivity (Wildman–Crippen MR) is 82.7 cm³/mol. The highest BCUT2D eigenvalue weighted by atomic mass is 127. The minimum Gasteiger partial charge on any atom is -0.255 e. The number of rotatable bonds is 2. The van der Waals surface area contributed by atoms with E-state index in [9.17, 15) is 0 Å². The number of aromatic nitrogens is 2. The van der Waals surface area contributed by atoms with Crippen LogP contribution in [-0.4, -0.2) is 9.78 Å². The van der Waals surface area contributed by atoms with Crippen molar-refractivity contribution in [3.8, 4) is 17.3 Å². The molecule has 0 unspecified atom stereocenters. The Kier molecular flexibility index (Phi) is 3.31. The zero-order valence-corrected chi connectivity index (χ0v) is 12.9. The maximum atomic E-state index is 8.84. The molecule has 0 bridgehead atoms. The lowest BCUT2D eigenvalue weighted by Crippen LogP contribution is -2.19. The molecule has 1 aliphatic rings. The Morgan fingerprint density at radius 2 is 2.00 bits per heavy atom. The lowest BCUT2D eigenvalue weighted by molar-refractivity contribution is 0.284.